The first-order valence-electron chi connectivity index (χ1n) is 13.0. The van der Waals surface area contributed by atoms with Gasteiger partial charge in [0.05, 0.1) is 5.56 Å². The highest BCUT2D eigenvalue weighted by atomic mass is 32.1. The van der Waals surface area contributed by atoms with Crippen LogP contribution in [0.4, 0.5) is 0 Å². The van der Waals surface area contributed by atoms with Crippen molar-refractivity contribution in [1.29, 1.82) is 0 Å². The van der Waals surface area contributed by atoms with Crippen LogP contribution in [0.1, 0.15) is 75.3 Å². The number of Topliss-reactive ketones (excluding diaryl/α,β-unsaturated/α-hetero) is 1. The van der Waals surface area contributed by atoms with Gasteiger partial charge < -0.3 is 25.1 Å². The number of nitrogens with two attached hydrogens (primary N) is 1. The number of hydrogen-bond donors (Lipinski definition) is 4. The van der Waals surface area contributed by atoms with Gasteiger partial charge in [0.2, 0.25) is 0 Å². The van der Waals surface area contributed by atoms with Gasteiger partial charge >= 0.3 is 0 Å². The summed E-state index contributed by atoms with van der Waals surface area (Å²) in [5.41, 5.74) is 14.1. The predicted molar refractivity (Wildman–Crippen MR) is 154 cm³/mol. The Morgan fingerprint density at radius 1 is 1.10 bits per heavy atom. The summed E-state index contributed by atoms with van der Waals surface area (Å²) in [7, 11) is 0. The van der Waals surface area contributed by atoms with Gasteiger partial charge in [-0.15, -0.1) is 0 Å². The van der Waals surface area contributed by atoms with E-state index in [9.17, 15) is 14.7 Å². The zero-order chi connectivity index (χ0) is 28.6. The molecule has 0 aliphatic carbocycles. The highest BCUT2D eigenvalue weighted by Crippen LogP contribution is 2.33. The molecule has 1 fully saturated rings. The summed E-state index contributed by atoms with van der Waals surface area (Å²) < 4.78 is 18.2. The molecule has 4 rings (SSSR count). The number of phenols is 1. The van der Waals surface area contributed by atoms with Gasteiger partial charge in [0.1, 0.15) is 24.2 Å². The zero-order valence-electron chi connectivity index (χ0n) is 22.4. The van der Waals surface area contributed by atoms with Crippen molar-refractivity contribution in [2.45, 2.75) is 52.1 Å². The van der Waals surface area contributed by atoms with Crippen molar-refractivity contribution in [3.8, 4) is 11.5 Å². The van der Waals surface area contributed by atoms with Crippen LogP contribution in [0, 0.1) is 6.92 Å². The van der Waals surface area contributed by atoms with E-state index in [4.69, 9.17) is 32.2 Å². The molecule has 0 radical (unpaired) electrons. The summed E-state index contributed by atoms with van der Waals surface area (Å²) in [5, 5.41) is 10.3. The average molecular weight is 564 g/mol. The average Bonchev–Trinajstić information content (AvgIpc) is 2.96. The molecule has 3 aromatic rings. The molecular weight excluding hydrogens is 530 g/mol. The molecule has 2 unspecified atom stereocenters. The number of thiocarbonyl (C=S) groups is 1. The SMILES string of the molecule is CC(=O)c1ccc(OCc2ccc(C(OC3CCCCO3)c3cccc(C(=O)NNC(N)=S)c3)cc2)c(C)c1O. The number of ketones is 1. The molecule has 1 heterocycles. The second kappa shape index (κ2) is 13.4. The fourth-order valence-corrected chi connectivity index (χ4v) is 4.48. The Morgan fingerprint density at radius 3 is 2.55 bits per heavy atom. The van der Waals surface area contributed by atoms with E-state index in [0.717, 1.165) is 36.0 Å². The predicted octanol–water partition coefficient (Wildman–Crippen LogP) is 4.59. The van der Waals surface area contributed by atoms with Crippen molar-refractivity contribution >= 4 is 29.0 Å². The summed E-state index contributed by atoms with van der Waals surface area (Å²) in [6, 6.07) is 18.2. The third kappa shape index (κ3) is 7.35. The van der Waals surface area contributed by atoms with Gasteiger partial charge in [0.15, 0.2) is 17.2 Å². The van der Waals surface area contributed by atoms with Gasteiger partial charge in [-0.1, -0.05) is 36.4 Å². The number of hydrogen-bond acceptors (Lipinski definition) is 7. The van der Waals surface area contributed by atoms with Crippen LogP contribution in [0.3, 0.4) is 0 Å². The van der Waals surface area contributed by atoms with Crippen molar-refractivity contribution in [3.05, 3.63) is 94.0 Å². The summed E-state index contributed by atoms with van der Waals surface area (Å²) in [5.74, 6) is -0.155. The quantitative estimate of drug-likeness (QED) is 0.168. The van der Waals surface area contributed by atoms with E-state index in [1.807, 2.05) is 30.3 Å². The van der Waals surface area contributed by atoms with Crippen molar-refractivity contribution in [1.82, 2.24) is 10.9 Å². The normalized spacial score (nSPS) is 15.6. The van der Waals surface area contributed by atoms with E-state index in [1.54, 1.807) is 37.3 Å². The molecule has 210 valence electrons. The van der Waals surface area contributed by atoms with Crippen LogP contribution in [0.25, 0.3) is 0 Å². The van der Waals surface area contributed by atoms with Gasteiger partial charge in [-0.05, 0) is 86.3 Å². The Hall–Kier alpha value is -3.99. The standard InChI is InChI=1S/C30H33N3O6S/c1-18-25(14-13-24(19(2)34)27(18)35)38-17-20-9-11-21(12-10-20)28(39-26-8-3-4-15-37-26)22-6-5-7-23(16-22)29(36)32-33-30(31)40/h5-7,9-14,16,26,28,35H,3-4,8,15,17H2,1-2H3,(H,32,36)(H3,31,33,40). The van der Waals surface area contributed by atoms with Crippen LogP contribution in [0.15, 0.2) is 60.7 Å². The van der Waals surface area contributed by atoms with E-state index in [0.29, 0.717) is 23.5 Å². The van der Waals surface area contributed by atoms with Gasteiger partial charge in [0.25, 0.3) is 5.91 Å². The maximum Gasteiger partial charge on any atom is 0.269 e. The highest BCUT2D eigenvalue weighted by molar-refractivity contribution is 7.80. The summed E-state index contributed by atoms with van der Waals surface area (Å²) in [4.78, 5) is 24.3. The number of ether oxygens (including phenoxy) is 3. The second-order valence-corrected chi connectivity index (χ2v) is 9.99. The fraction of sp³-hybridized carbons (Fsp3) is 0.300. The van der Waals surface area contributed by atoms with Gasteiger partial charge in [-0.2, -0.15) is 0 Å². The highest BCUT2D eigenvalue weighted by Gasteiger charge is 2.24. The summed E-state index contributed by atoms with van der Waals surface area (Å²) in [6.07, 6.45) is 1.97. The molecule has 2 atom stereocenters. The monoisotopic (exact) mass is 563 g/mol. The number of carbonyl (C=O) groups excluding carboxylic acids is 2. The number of hydrazine groups is 1. The molecular formula is C30H33N3O6S. The molecule has 0 aromatic heterocycles. The molecule has 1 aliphatic rings. The molecule has 0 spiro atoms. The van der Waals surface area contributed by atoms with Crippen LogP contribution < -0.4 is 21.3 Å². The number of amides is 1. The number of phenolic OH excluding ortho intramolecular Hbond substituents is 1. The van der Waals surface area contributed by atoms with Crippen molar-refractivity contribution < 1.29 is 28.9 Å². The molecule has 1 aliphatic heterocycles. The summed E-state index contributed by atoms with van der Waals surface area (Å²) in [6.45, 7) is 4.03. The van der Waals surface area contributed by atoms with Crippen LogP contribution in [0.5, 0.6) is 11.5 Å². The number of rotatable bonds is 9. The van der Waals surface area contributed by atoms with Crippen LogP contribution in [0.2, 0.25) is 0 Å². The van der Waals surface area contributed by atoms with E-state index in [1.165, 1.54) is 6.92 Å². The first-order chi connectivity index (χ1) is 19.2. The number of carbonyl (C=O) groups is 2. The van der Waals surface area contributed by atoms with Crippen molar-refractivity contribution in [2.24, 2.45) is 5.73 Å². The van der Waals surface area contributed by atoms with E-state index >= 15 is 0 Å². The Labute approximate surface area is 238 Å². The zero-order valence-corrected chi connectivity index (χ0v) is 23.3. The van der Waals surface area contributed by atoms with Crippen LogP contribution in [-0.4, -0.2) is 34.8 Å². The second-order valence-electron chi connectivity index (χ2n) is 9.55. The minimum Gasteiger partial charge on any atom is -0.507 e. The maximum atomic E-state index is 12.6. The largest absolute Gasteiger partial charge is 0.507 e. The van der Waals surface area contributed by atoms with Gasteiger partial charge in [-0.3, -0.25) is 20.4 Å². The lowest BCUT2D eigenvalue weighted by Gasteiger charge is -2.28. The van der Waals surface area contributed by atoms with Crippen molar-refractivity contribution in [3.63, 3.8) is 0 Å². The number of nitrogens with one attached hydrogen (secondary N) is 2. The minimum atomic E-state index is -0.479. The van der Waals surface area contributed by atoms with Crippen LogP contribution in [-0.2, 0) is 16.1 Å². The number of benzene rings is 3. The van der Waals surface area contributed by atoms with Crippen molar-refractivity contribution in [2.75, 3.05) is 6.61 Å². The van der Waals surface area contributed by atoms with Crippen LogP contribution >= 0.6 is 12.2 Å². The molecule has 5 N–H and O–H groups in total. The molecule has 3 aromatic carbocycles. The molecule has 0 bridgehead atoms. The lowest BCUT2D eigenvalue weighted by molar-refractivity contribution is -0.181. The van der Waals surface area contributed by atoms with Gasteiger partial charge in [0, 0.05) is 17.7 Å². The third-order valence-electron chi connectivity index (χ3n) is 6.61. The summed E-state index contributed by atoms with van der Waals surface area (Å²) >= 11 is 4.76. The Balaban J connectivity index is 1.53. The molecule has 9 nitrogen and oxygen atoms in total. The van der Waals surface area contributed by atoms with Gasteiger partial charge in [-0.25, -0.2) is 0 Å². The van der Waals surface area contributed by atoms with E-state index in [2.05, 4.69) is 10.9 Å². The lowest BCUT2D eigenvalue weighted by Crippen LogP contribution is -2.44. The maximum absolute atomic E-state index is 12.6. The lowest BCUT2D eigenvalue weighted by atomic mass is 9.98. The number of aromatic hydroxyl groups is 1. The molecule has 1 saturated heterocycles. The van der Waals surface area contributed by atoms with E-state index < -0.39 is 6.10 Å². The molecule has 40 heavy (non-hydrogen) atoms. The Kier molecular flexibility index (Phi) is 9.70. The first-order valence-corrected chi connectivity index (χ1v) is 13.4. The minimum absolute atomic E-state index is 0.0377. The third-order valence-corrected chi connectivity index (χ3v) is 6.72. The Morgan fingerprint density at radius 2 is 1.88 bits per heavy atom. The molecule has 0 saturated carbocycles. The smallest absolute Gasteiger partial charge is 0.269 e. The molecule has 1 amide bonds. The molecule has 10 heteroatoms. The first kappa shape index (κ1) is 29.0. The van der Waals surface area contributed by atoms with E-state index in [-0.39, 0.29) is 41.0 Å². The fourth-order valence-electron chi connectivity index (χ4n) is 4.43. The topological polar surface area (TPSA) is 132 Å². The Bertz CT molecular complexity index is 1370.